The zero-order valence-electron chi connectivity index (χ0n) is 12.3. The molecule has 2 aromatic rings. The summed E-state index contributed by atoms with van der Waals surface area (Å²) in [7, 11) is 0. The summed E-state index contributed by atoms with van der Waals surface area (Å²) in [5.74, 6) is 2.77. The number of hydrogen-bond donors (Lipinski definition) is 1. The fourth-order valence-corrected chi connectivity index (χ4v) is 4.84. The van der Waals surface area contributed by atoms with Crippen LogP contribution in [0.4, 0.5) is 0 Å². The van der Waals surface area contributed by atoms with Crippen LogP contribution in [0.2, 0.25) is 0 Å². The number of benzene rings is 1. The van der Waals surface area contributed by atoms with Gasteiger partial charge in [0.2, 0.25) is 0 Å². The summed E-state index contributed by atoms with van der Waals surface area (Å²) in [5, 5.41) is 3.82. The van der Waals surface area contributed by atoms with Gasteiger partial charge in [-0.15, -0.1) is 23.5 Å². The van der Waals surface area contributed by atoms with Gasteiger partial charge >= 0.3 is 0 Å². The third kappa shape index (κ3) is 4.80. The Labute approximate surface area is 142 Å². The molecule has 0 atom stereocenters. The lowest BCUT2D eigenvalue weighted by molar-refractivity contribution is -0.123. The molecule has 3 rings (SSSR count). The SMILES string of the molecule is O=C(COc1ccc(C2SCCS2)cc1)N/N=C\c1ccoc1. The number of rotatable bonds is 6. The number of hydrazone groups is 1. The molecule has 5 nitrogen and oxygen atoms in total. The van der Waals surface area contributed by atoms with Crippen molar-refractivity contribution in [3.8, 4) is 5.75 Å². The second-order valence-corrected chi connectivity index (χ2v) is 7.51. The van der Waals surface area contributed by atoms with E-state index in [1.54, 1.807) is 12.3 Å². The molecule has 1 aliphatic heterocycles. The van der Waals surface area contributed by atoms with Crippen molar-refractivity contribution >= 4 is 35.6 Å². The van der Waals surface area contributed by atoms with Crippen molar-refractivity contribution in [2.45, 2.75) is 4.58 Å². The predicted molar refractivity (Wildman–Crippen MR) is 94.0 cm³/mol. The van der Waals surface area contributed by atoms with Gasteiger partial charge in [-0.1, -0.05) is 12.1 Å². The summed E-state index contributed by atoms with van der Waals surface area (Å²) in [5.41, 5.74) is 4.48. The fourth-order valence-electron chi connectivity index (χ4n) is 1.98. The molecule has 0 saturated carbocycles. The van der Waals surface area contributed by atoms with Crippen molar-refractivity contribution in [3.63, 3.8) is 0 Å². The van der Waals surface area contributed by atoms with E-state index in [-0.39, 0.29) is 12.5 Å². The van der Waals surface area contributed by atoms with Crippen molar-refractivity contribution in [3.05, 3.63) is 54.0 Å². The van der Waals surface area contributed by atoms with Crippen LogP contribution in [0.25, 0.3) is 0 Å². The minimum absolute atomic E-state index is 0.0744. The maximum Gasteiger partial charge on any atom is 0.277 e. The second-order valence-electron chi connectivity index (χ2n) is 4.78. The highest BCUT2D eigenvalue weighted by Crippen LogP contribution is 2.45. The largest absolute Gasteiger partial charge is 0.484 e. The highest BCUT2D eigenvalue weighted by Gasteiger charge is 2.17. The van der Waals surface area contributed by atoms with E-state index < -0.39 is 0 Å². The van der Waals surface area contributed by atoms with Gasteiger partial charge in [0.05, 0.1) is 23.3 Å². The van der Waals surface area contributed by atoms with Crippen LogP contribution >= 0.6 is 23.5 Å². The number of furan rings is 1. The van der Waals surface area contributed by atoms with Crippen LogP contribution in [0.3, 0.4) is 0 Å². The minimum Gasteiger partial charge on any atom is -0.484 e. The summed E-state index contributed by atoms with van der Waals surface area (Å²) in [4.78, 5) is 11.6. The van der Waals surface area contributed by atoms with Gasteiger partial charge in [0, 0.05) is 17.1 Å². The van der Waals surface area contributed by atoms with Crippen molar-refractivity contribution in [2.24, 2.45) is 5.10 Å². The summed E-state index contributed by atoms with van der Waals surface area (Å²) in [6, 6.07) is 9.66. The number of hydrogen-bond acceptors (Lipinski definition) is 6. The Hall–Kier alpha value is -1.86. The highest BCUT2D eigenvalue weighted by atomic mass is 32.2. The highest BCUT2D eigenvalue weighted by molar-refractivity contribution is 8.19. The van der Waals surface area contributed by atoms with Gasteiger partial charge in [0.1, 0.15) is 5.75 Å². The summed E-state index contributed by atoms with van der Waals surface area (Å²) < 4.78 is 10.9. The Morgan fingerprint density at radius 2 is 2.09 bits per heavy atom. The normalized spacial score (nSPS) is 15.1. The molecule has 0 spiro atoms. The van der Waals surface area contributed by atoms with Gasteiger partial charge in [-0.2, -0.15) is 5.10 Å². The van der Waals surface area contributed by atoms with E-state index in [9.17, 15) is 4.79 Å². The molecule has 120 valence electrons. The maximum atomic E-state index is 11.6. The molecule has 0 bridgehead atoms. The monoisotopic (exact) mass is 348 g/mol. The second kappa shape index (κ2) is 8.12. The smallest absolute Gasteiger partial charge is 0.277 e. The van der Waals surface area contributed by atoms with Crippen molar-refractivity contribution in [2.75, 3.05) is 18.1 Å². The Kier molecular flexibility index (Phi) is 5.65. The van der Waals surface area contributed by atoms with Gasteiger partial charge in [0.15, 0.2) is 6.61 Å². The van der Waals surface area contributed by atoms with E-state index >= 15 is 0 Å². The van der Waals surface area contributed by atoms with Gasteiger partial charge < -0.3 is 9.15 Å². The van der Waals surface area contributed by atoms with Crippen LogP contribution in [-0.4, -0.2) is 30.2 Å². The predicted octanol–water partition coefficient (Wildman–Crippen LogP) is 3.29. The topological polar surface area (TPSA) is 63.8 Å². The lowest BCUT2D eigenvalue weighted by atomic mass is 10.2. The zero-order chi connectivity index (χ0) is 15.9. The van der Waals surface area contributed by atoms with Crippen molar-refractivity contribution in [1.29, 1.82) is 0 Å². The third-order valence-corrected chi connectivity index (χ3v) is 6.19. The third-order valence-electron chi connectivity index (χ3n) is 3.09. The number of thioether (sulfide) groups is 2. The molecule has 1 aromatic carbocycles. The minimum atomic E-state index is -0.310. The van der Waals surface area contributed by atoms with Crippen LogP contribution in [-0.2, 0) is 4.79 Å². The first-order valence-electron chi connectivity index (χ1n) is 7.11. The number of nitrogens with one attached hydrogen (secondary N) is 1. The number of carbonyl (C=O) groups excluding carboxylic acids is 1. The van der Waals surface area contributed by atoms with Gasteiger partial charge in [-0.3, -0.25) is 4.79 Å². The Balaban J connectivity index is 1.43. The van der Waals surface area contributed by atoms with Crippen LogP contribution in [0, 0.1) is 0 Å². The summed E-state index contributed by atoms with van der Waals surface area (Å²) in [6.45, 7) is -0.0744. The first-order chi connectivity index (χ1) is 11.3. The number of carbonyl (C=O) groups is 1. The lowest BCUT2D eigenvalue weighted by Crippen LogP contribution is -2.24. The molecule has 23 heavy (non-hydrogen) atoms. The van der Waals surface area contributed by atoms with Gasteiger partial charge in [-0.05, 0) is 23.8 Å². The van der Waals surface area contributed by atoms with Crippen LogP contribution in [0.1, 0.15) is 15.7 Å². The molecule has 1 saturated heterocycles. The first kappa shape index (κ1) is 16.0. The fraction of sp³-hybridized carbons (Fsp3) is 0.250. The molecule has 1 aliphatic rings. The molecule has 1 fully saturated rings. The van der Waals surface area contributed by atoms with Gasteiger partial charge in [0.25, 0.3) is 5.91 Å². The van der Waals surface area contributed by atoms with E-state index in [0.29, 0.717) is 10.3 Å². The average molecular weight is 348 g/mol. The maximum absolute atomic E-state index is 11.6. The van der Waals surface area contributed by atoms with Crippen LogP contribution in [0.15, 0.2) is 52.4 Å². The van der Waals surface area contributed by atoms with Crippen LogP contribution in [0.5, 0.6) is 5.75 Å². The lowest BCUT2D eigenvalue weighted by Gasteiger charge is -2.09. The molecule has 1 aromatic heterocycles. The van der Waals surface area contributed by atoms with E-state index in [2.05, 4.69) is 22.7 Å². The van der Waals surface area contributed by atoms with Crippen molar-refractivity contribution in [1.82, 2.24) is 5.43 Å². The Morgan fingerprint density at radius 1 is 1.30 bits per heavy atom. The van der Waals surface area contributed by atoms with E-state index in [1.807, 2.05) is 35.7 Å². The molecule has 0 unspecified atom stereocenters. The molecular weight excluding hydrogens is 332 g/mol. The molecule has 0 aliphatic carbocycles. The molecule has 1 amide bonds. The van der Waals surface area contributed by atoms with E-state index in [1.165, 1.54) is 29.5 Å². The first-order valence-corrected chi connectivity index (χ1v) is 9.21. The number of amides is 1. The number of ether oxygens (including phenoxy) is 1. The van der Waals surface area contributed by atoms with E-state index in [4.69, 9.17) is 9.15 Å². The summed E-state index contributed by atoms with van der Waals surface area (Å²) in [6.07, 6.45) is 4.58. The molecule has 7 heteroatoms. The Bertz CT molecular complexity index is 650. The standard InChI is InChI=1S/C16H16N2O3S2/c19-15(18-17-9-12-5-6-20-10-12)11-21-14-3-1-13(2-4-14)16-22-7-8-23-16/h1-6,9-10,16H,7-8,11H2,(H,18,19)/b17-9-. The molecule has 0 radical (unpaired) electrons. The molecule has 2 heterocycles. The quantitative estimate of drug-likeness (QED) is 0.641. The average Bonchev–Trinajstić information content (AvgIpc) is 3.27. The van der Waals surface area contributed by atoms with Crippen molar-refractivity contribution < 1.29 is 13.9 Å². The van der Waals surface area contributed by atoms with Crippen LogP contribution < -0.4 is 10.2 Å². The molecular formula is C16H16N2O3S2. The van der Waals surface area contributed by atoms with Gasteiger partial charge in [-0.25, -0.2) is 5.43 Å². The molecule has 1 N–H and O–H groups in total. The summed E-state index contributed by atoms with van der Waals surface area (Å²) >= 11 is 3.93. The zero-order valence-corrected chi connectivity index (χ0v) is 13.9. The number of nitrogens with zero attached hydrogens (tertiary/aromatic N) is 1. The van der Waals surface area contributed by atoms with E-state index in [0.717, 1.165) is 5.56 Å². The Morgan fingerprint density at radius 3 is 2.78 bits per heavy atom.